The molecule has 1 heterocycles. The molecule has 1 saturated heterocycles. The number of piperidine rings is 1. The van der Waals surface area contributed by atoms with Crippen LogP contribution in [0.2, 0.25) is 0 Å². The number of likely N-dealkylation sites (tertiary alicyclic amines) is 1. The number of benzene rings is 1. The van der Waals surface area contributed by atoms with Crippen molar-refractivity contribution in [3.63, 3.8) is 0 Å². The SMILES string of the molecule is CS(=O)(=O)NC1CCCN(C(=O)C=Cc2cccc(F)c2)C1. The summed E-state index contributed by atoms with van der Waals surface area (Å²) in [6.07, 6.45) is 5.51. The minimum atomic E-state index is -3.28. The van der Waals surface area contributed by atoms with E-state index in [9.17, 15) is 17.6 Å². The minimum Gasteiger partial charge on any atom is -0.338 e. The van der Waals surface area contributed by atoms with Crippen molar-refractivity contribution in [2.45, 2.75) is 18.9 Å². The van der Waals surface area contributed by atoms with Crippen LogP contribution < -0.4 is 4.72 Å². The van der Waals surface area contributed by atoms with Crippen molar-refractivity contribution >= 4 is 22.0 Å². The van der Waals surface area contributed by atoms with Gasteiger partial charge < -0.3 is 4.90 Å². The van der Waals surface area contributed by atoms with Crippen LogP contribution in [-0.4, -0.2) is 44.6 Å². The second-order valence-corrected chi connectivity index (χ2v) is 7.18. The van der Waals surface area contributed by atoms with Crippen molar-refractivity contribution in [3.8, 4) is 0 Å². The molecule has 0 radical (unpaired) electrons. The predicted molar refractivity (Wildman–Crippen MR) is 83.0 cm³/mol. The van der Waals surface area contributed by atoms with Gasteiger partial charge in [0.2, 0.25) is 15.9 Å². The van der Waals surface area contributed by atoms with E-state index in [1.54, 1.807) is 23.1 Å². The van der Waals surface area contributed by atoms with Crippen LogP contribution in [0.15, 0.2) is 30.3 Å². The molecule has 5 nitrogen and oxygen atoms in total. The zero-order valence-corrected chi connectivity index (χ0v) is 13.1. The first-order valence-corrected chi connectivity index (χ1v) is 8.92. The number of hydrogen-bond acceptors (Lipinski definition) is 3. The highest BCUT2D eigenvalue weighted by molar-refractivity contribution is 7.88. The van der Waals surface area contributed by atoms with Crippen molar-refractivity contribution in [3.05, 3.63) is 41.7 Å². The molecule has 1 amide bonds. The summed E-state index contributed by atoms with van der Waals surface area (Å²) >= 11 is 0. The van der Waals surface area contributed by atoms with Gasteiger partial charge in [-0.05, 0) is 36.6 Å². The molecule has 1 N–H and O–H groups in total. The van der Waals surface area contributed by atoms with Gasteiger partial charge in [-0.1, -0.05) is 12.1 Å². The number of carbonyl (C=O) groups excluding carboxylic acids is 1. The van der Waals surface area contributed by atoms with E-state index >= 15 is 0 Å². The third-order valence-corrected chi connectivity index (χ3v) is 4.14. The van der Waals surface area contributed by atoms with Crippen LogP contribution in [0.4, 0.5) is 4.39 Å². The van der Waals surface area contributed by atoms with E-state index < -0.39 is 10.0 Å². The fraction of sp³-hybridized carbons (Fsp3) is 0.400. The number of rotatable bonds is 4. The van der Waals surface area contributed by atoms with Crippen LogP contribution in [0.1, 0.15) is 18.4 Å². The Kier molecular flexibility index (Phi) is 5.31. The van der Waals surface area contributed by atoms with Crippen LogP contribution in [0.25, 0.3) is 6.08 Å². The highest BCUT2D eigenvalue weighted by Crippen LogP contribution is 2.12. The molecule has 1 aliphatic rings. The first-order valence-electron chi connectivity index (χ1n) is 7.03. The molecule has 1 aromatic rings. The lowest BCUT2D eigenvalue weighted by molar-refractivity contribution is -0.127. The summed E-state index contributed by atoms with van der Waals surface area (Å²) in [7, 11) is -3.28. The van der Waals surface area contributed by atoms with Gasteiger partial charge in [-0.3, -0.25) is 4.79 Å². The first-order chi connectivity index (χ1) is 10.3. The highest BCUT2D eigenvalue weighted by Gasteiger charge is 2.24. The van der Waals surface area contributed by atoms with Gasteiger partial charge in [0.15, 0.2) is 0 Å². The third-order valence-electron chi connectivity index (χ3n) is 3.38. The Morgan fingerprint density at radius 1 is 1.45 bits per heavy atom. The Morgan fingerprint density at radius 2 is 2.23 bits per heavy atom. The molecule has 1 aliphatic heterocycles. The molecule has 22 heavy (non-hydrogen) atoms. The Hall–Kier alpha value is -1.73. The van der Waals surface area contributed by atoms with E-state index in [-0.39, 0.29) is 17.8 Å². The second-order valence-electron chi connectivity index (χ2n) is 5.40. The van der Waals surface area contributed by atoms with E-state index in [1.165, 1.54) is 18.2 Å². The zero-order valence-electron chi connectivity index (χ0n) is 12.3. The molecule has 1 aromatic carbocycles. The molecule has 0 spiro atoms. The van der Waals surface area contributed by atoms with Gasteiger partial charge in [0, 0.05) is 25.2 Å². The molecule has 0 aromatic heterocycles. The van der Waals surface area contributed by atoms with Crippen molar-refractivity contribution in [2.24, 2.45) is 0 Å². The van der Waals surface area contributed by atoms with Crippen molar-refractivity contribution < 1.29 is 17.6 Å². The standard InChI is InChI=1S/C15H19FN2O3S/c1-22(20,21)17-14-6-3-9-18(11-14)15(19)8-7-12-4-2-5-13(16)10-12/h2,4-5,7-8,10,14,17H,3,6,9,11H2,1H3. The molecule has 2 rings (SSSR count). The number of carbonyl (C=O) groups is 1. The quantitative estimate of drug-likeness (QED) is 0.850. The molecule has 1 atom stereocenters. The highest BCUT2D eigenvalue weighted by atomic mass is 32.2. The third kappa shape index (κ3) is 5.23. The van der Waals surface area contributed by atoms with Crippen LogP contribution in [-0.2, 0) is 14.8 Å². The lowest BCUT2D eigenvalue weighted by Crippen LogP contribution is -2.48. The molecule has 0 aliphatic carbocycles. The summed E-state index contributed by atoms with van der Waals surface area (Å²) < 4.78 is 38.1. The Bertz CT molecular complexity index is 673. The smallest absolute Gasteiger partial charge is 0.246 e. The van der Waals surface area contributed by atoms with Crippen molar-refractivity contribution in [1.29, 1.82) is 0 Å². The second kappa shape index (κ2) is 7.02. The number of hydrogen-bond donors (Lipinski definition) is 1. The van der Waals surface area contributed by atoms with Gasteiger partial charge in [0.25, 0.3) is 0 Å². The van der Waals surface area contributed by atoms with Gasteiger partial charge >= 0.3 is 0 Å². The molecule has 1 unspecified atom stereocenters. The van der Waals surface area contributed by atoms with Gasteiger partial charge in [0.1, 0.15) is 5.82 Å². The Morgan fingerprint density at radius 3 is 2.91 bits per heavy atom. The number of amides is 1. The first kappa shape index (κ1) is 16.6. The molecular weight excluding hydrogens is 307 g/mol. The van der Waals surface area contributed by atoms with Gasteiger partial charge in [-0.15, -0.1) is 0 Å². The largest absolute Gasteiger partial charge is 0.338 e. The van der Waals surface area contributed by atoms with Crippen LogP contribution in [0, 0.1) is 5.82 Å². The Balaban J connectivity index is 1.97. The maximum atomic E-state index is 13.1. The van der Waals surface area contributed by atoms with Crippen LogP contribution in [0.3, 0.4) is 0 Å². The number of nitrogens with zero attached hydrogens (tertiary/aromatic N) is 1. The van der Waals surface area contributed by atoms with E-state index in [1.807, 2.05) is 0 Å². The summed E-state index contributed by atoms with van der Waals surface area (Å²) in [4.78, 5) is 13.7. The predicted octanol–water partition coefficient (Wildman–Crippen LogP) is 1.38. The molecule has 0 bridgehead atoms. The van der Waals surface area contributed by atoms with E-state index in [2.05, 4.69) is 4.72 Å². The molecule has 7 heteroatoms. The van der Waals surface area contributed by atoms with Gasteiger partial charge in [-0.2, -0.15) is 0 Å². The van der Waals surface area contributed by atoms with E-state index in [0.29, 0.717) is 25.1 Å². The average Bonchev–Trinajstić information content (AvgIpc) is 2.43. The minimum absolute atomic E-state index is 0.204. The summed E-state index contributed by atoms with van der Waals surface area (Å²) in [6.45, 7) is 0.938. The summed E-state index contributed by atoms with van der Waals surface area (Å²) in [5.41, 5.74) is 0.608. The fourth-order valence-corrected chi connectivity index (χ4v) is 3.26. The number of nitrogens with one attached hydrogen (secondary N) is 1. The van der Waals surface area contributed by atoms with Crippen LogP contribution >= 0.6 is 0 Å². The summed E-state index contributed by atoms with van der Waals surface area (Å²) in [6, 6.07) is 5.71. The molecule has 0 saturated carbocycles. The molecular formula is C15H19FN2O3S. The lowest BCUT2D eigenvalue weighted by atomic mass is 10.1. The molecule has 120 valence electrons. The topological polar surface area (TPSA) is 66.5 Å². The molecule has 1 fully saturated rings. The maximum Gasteiger partial charge on any atom is 0.246 e. The van der Waals surface area contributed by atoms with E-state index in [4.69, 9.17) is 0 Å². The lowest BCUT2D eigenvalue weighted by Gasteiger charge is -2.32. The maximum absolute atomic E-state index is 13.1. The van der Waals surface area contributed by atoms with E-state index in [0.717, 1.165) is 12.7 Å². The van der Waals surface area contributed by atoms with Crippen molar-refractivity contribution in [2.75, 3.05) is 19.3 Å². The average molecular weight is 326 g/mol. The van der Waals surface area contributed by atoms with Crippen molar-refractivity contribution in [1.82, 2.24) is 9.62 Å². The summed E-state index contributed by atoms with van der Waals surface area (Å²) in [5, 5.41) is 0. The zero-order chi connectivity index (χ0) is 16.2. The normalized spacial score (nSPS) is 19.5. The van der Waals surface area contributed by atoms with Gasteiger partial charge in [0.05, 0.1) is 6.26 Å². The Labute approximate surface area is 129 Å². The fourth-order valence-electron chi connectivity index (χ4n) is 2.46. The monoisotopic (exact) mass is 326 g/mol. The van der Waals surface area contributed by atoms with Crippen LogP contribution in [0.5, 0.6) is 0 Å². The number of sulfonamides is 1. The van der Waals surface area contributed by atoms with Gasteiger partial charge in [-0.25, -0.2) is 17.5 Å². The number of halogens is 1. The summed E-state index contributed by atoms with van der Waals surface area (Å²) in [5.74, 6) is -0.561.